The van der Waals surface area contributed by atoms with Gasteiger partial charge in [-0.2, -0.15) is 0 Å². The van der Waals surface area contributed by atoms with E-state index in [-0.39, 0.29) is 18.5 Å². The number of carbonyl (C=O) groups excluding carboxylic acids is 2. The Morgan fingerprint density at radius 1 is 0.507 bits per heavy atom. The molecule has 7 atom stereocenters. The van der Waals surface area contributed by atoms with E-state index in [1.54, 1.807) is 6.08 Å². The van der Waals surface area contributed by atoms with Gasteiger partial charge in [0.1, 0.15) is 24.4 Å². The highest BCUT2D eigenvalue weighted by molar-refractivity contribution is 5.76. The lowest BCUT2D eigenvalue weighted by atomic mass is 9.99. The lowest BCUT2D eigenvalue weighted by Crippen LogP contribution is -2.60. The predicted octanol–water partition coefficient (Wildman–Crippen LogP) is 14.1. The molecule has 0 saturated carbocycles. The van der Waals surface area contributed by atoms with Gasteiger partial charge in [0.05, 0.1) is 32.0 Å². The van der Waals surface area contributed by atoms with Gasteiger partial charge in [-0.05, 0) is 83.5 Å². The Bertz CT molecular complexity index is 1350. The van der Waals surface area contributed by atoms with Crippen molar-refractivity contribution in [2.45, 2.75) is 314 Å². The van der Waals surface area contributed by atoms with Crippen molar-refractivity contribution in [3.8, 4) is 0 Å². The fourth-order valence-electron chi connectivity index (χ4n) is 9.29. The average molecular weight is 1030 g/mol. The van der Waals surface area contributed by atoms with Crippen molar-refractivity contribution in [2.24, 2.45) is 0 Å². The van der Waals surface area contributed by atoms with Gasteiger partial charge in [0.15, 0.2) is 6.29 Å². The van der Waals surface area contributed by atoms with Crippen LogP contribution >= 0.6 is 0 Å². The maximum Gasteiger partial charge on any atom is 0.305 e. The number of rotatable bonds is 52. The van der Waals surface area contributed by atoms with Gasteiger partial charge in [-0.25, -0.2) is 0 Å². The lowest BCUT2D eigenvalue weighted by molar-refractivity contribution is -0.302. The second-order valence-corrected chi connectivity index (χ2v) is 21.0. The van der Waals surface area contributed by atoms with Crippen LogP contribution in [0.4, 0.5) is 0 Å². The highest BCUT2D eigenvalue weighted by Crippen LogP contribution is 2.23. The first-order chi connectivity index (χ1) is 35.7. The number of aliphatic hydroxyl groups is 5. The highest BCUT2D eigenvalue weighted by Gasteiger charge is 2.44. The monoisotopic (exact) mass is 1030 g/mol. The van der Waals surface area contributed by atoms with Crippen LogP contribution in [0.25, 0.3) is 0 Å². The van der Waals surface area contributed by atoms with Crippen molar-refractivity contribution in [1.82, 2.24) is 5.32 Å². The Labute approximate surface area is 446 Å². The first kappa shape index (κ1) is 68.6. The van der Waals surface area contributed by atoms with E-state index >= 15 is 0 Å². The number of esters is 1. The van der Waals surface area contributed by atoms with E-state index in [2.05, 4.69) is 55.6 Å². The molecule has 1 aliphatic rings. The van der Waals surface area contributed by atoms with Gasteiger partial charge in [-0.3, -0.25) is 9.59 Å². The summed E-state index contributed by atoms with van der Waals surface area (Å²) in [5.74, 6) is -0.207. The molecular formula is C62H113NO10. The molecule has 11 nitrogen and oxygen atoms in total. The summed E-state index contributed by atoms with van der Waals surface area (Å²) >= 11 is 0. The van der Waals surface area contributed by atoms with Crippen molar-refractivity contribution >= 4 is 11.9 Å². The normalized spacial score (nSPS) is 19.2. The number of allylic oxidation sites excluding steroid dienone is 7. The summed E-state index contributed by atoms with van der Waals surface area (Å²) in [6.07, 6.45) is 55.1. The summed E-state index contributed by atoms with van der Waals surface area (Å²) in [7, 11) is 0. The minimum Gasteiger partial charge on any atom is -0.466 e. The summed E-state index contributed by atoms with van der Waals surface area (Å²) in [4.78, 5) is 25.0. The van der Waals surface area contributed by atoms with E-state index in [0.29, 0.717) is 19.4 Å². The second kappa shape index (κ2) is 51.7. The molecule has 1 rings (SSSR count). The summed E-state index contributed by atoms with van der Waals surface area (Å²) < 4.78 is 16.7. The van der Waals surface area contributed by atoms with Crippen molar-refractivity contribution in [3.05, 3.63) is 48.6 Å². The third kappa shape index (κ3) is 41.5. The van der Waals surface area contributed by atoms with Crippen molar-refractivity contribution in [2.75, 3.05) is 19.8 Å². The molecular weight excluding hydrogens is 919 g/mol. The van der Waals surface area contributed by atoms with Crippen LogP contribution in [0.3, 0.4) is 0 Å². The molecule has 11 heteroatoms. The Hall–Kier alpha value is -2.38. The number of nitrogens with one attached hydrogen (secondary N) is 1. The van der Waals surface area contributed by atoms with Crippen molar-refractivity contribution < 1.29 is 49.3 Å². The molecule has 0 aromatic rings. The maximum atomic E-state index is 13.0. The Morgan fingerprint density at radius 2 is 0.945 bits per heavy atom. The Morgan fingerprint density at radius 3 is 1.45 bits per heavy atom. The topological polar surface area (TPSA) is 175 Å². The molecule has 0 aromatic heterocycles. The summed E-state index contributed by atoms with van der Waals surface area (Å²) in [6.45, 7) is 4.24. The molecule has 73 heavy (non-hydrogen) atoms. The minimum absolute atomic E-state index is 0.0163. The van der Waals surface area contributed by atoms with Gasteiger partial charge in [-0.1, -0.05) is 223 Å². The van der Waals surface area contributed by atoms with E-state index in [0.717, 1.165) is 89.9 Å². The fourth-order valence-corrected chi connectivity index (χ4v) is 9.29. The molecule has 1 fully saturated rings. The van der Waals surface area contributed by atoms with Gasteiger partial charge in [0.25, 0.3) is 0 Å². The number of carbonyl (C=O) groups is 2. The maximum absolute atomic E-state index is 13.0. The molecule has 0 radical (unpaired) electrons. The highest BCUT2D eigenvalue weighted by atomic mass is 16.7. The Kier molecular flexibility index (Phi) is 48.6. The third-order valence-corrected chi connectivity index (χ3v) is 14.1. The predicted molar refractivity (Wildman–Crippen MR) is 301 cm³/mol. The molecule has 0 aromatic carbocycles. The number of ether oxygens (including phenoxy) is 3. The number of aliphatic hydroxyl groups excluding tert-OH is 5. The smallest absolute Gasteiger partial charge is 0.305 e. The fraction of sp³-hybridized carbons (Fsp3) is 0.839. The summed E-state index contributed by atoms with van der Waals surface area (Å²) in [6, 6.07) is -0.814. The first-order valence-electron chi connectivity index (χ1n) is 30.4. The number of hydrogen-bond acceptors (Lipinski definition) is 10. The van der Waals surface area contributed by atoms with Crippen LogP contribution in [-0.4, -0.2) is 100 Å². The van der Waals surface area contributed by atoms with Gasteiger partial charge >= 0.3 is 5.97 Å². The number of hydrogen-bond donors (Lipinski definition) is 6. The SMILES string of the molecule is CCC/C=C\C/C=C\CCCCCCCC(=O)OCCCCCCCCCCCCCC/C=C\CCCCCCCCCC(=O)NC(COC1OC(CO)C(O)C(O)C1O)C(O)/C=C/CCCCCCCCC. The molecule has 1 saturated heterocycles. The zero-order valence-corrected chi connectivity index (χ0v) is 46.8. The van der Waals surface area contributed by atoms with Gasteiger partial charge in [0, 0.05) is 12.8 Å². The summed E-state index contributed by atoms with van der Waals surface area (Å²) in [5.41, 5.74) is 0. The van der Waals surface area contributed by atoms with Crippen LogP contribution in [0, 0.1) is 0 Å². The van der Waals surface area contributed by atoms with E-state index in [9.17, 15) is 35.1 Å². The van der Waals surface area contributed by atoms with E-state index in [4.69, 9.17) is 14.2 Å². The van der Waals surface area contributed by atoms with Gasteiger partial charge in [0.2, 0.25) is 5.91 Å². The largest absolute Gasteiger partial charge is 0.466 e. The number of amides is 1. The van der Waals surface area contributed by atoms with Crippen LogP contribution in [0.1, 0.15) is 271 Å². The van der Waals surface area contributed by atoms with Gasteiger partial charge < -0.3 is 45.1 Å². The Balaban J connectivity index is 2.01. The number of unbranched alkanes of at least 4 members (excludes halogenated alkanes) is 32. The zero-order valence-electron chi connectivity index (χ0n) is 46.8. The molecule has 7 unspecified atom stereocenters. The standard InChI is InChI=1S/C62H113NO10/c1-3-5-7-9-11-13-14-26-30-34-38-42-46-50-58(67)71-51-47-43-39-35-31-28-25-23-21-19-17-15-16-18-20-22-24-27-29-33-37-41-45-49-57(66)63-54(55(65)48-44-40-36-32-12-10-8-6-4-2)53-72-62-61(70)60(69)59(68)56(52-64)73-62/h7,9,13-14,18,20,44,48,54-56,59-62,64-65,68-70H,3-6,8,10-12,15-17,19,21-43,45-47,49-53H2,1-2H3,(H,63,66)/b9-7-,14-13-,20-18-,48-44+. The van der Waals surface area contributed by atoms with Crippen molar-refractivity contribution in [3.63, 3.8) is 0 Å². The van der Waals surface area contributed by atoms with Crippen LogP contribution in [-0.2, 0) is 23.8 Å². The first-order valence-corrected chi connectivity index (χ1v) is 30.4. The molecule has 1 amide bonds. The van der Waals surface area contributed by atoms with Crippen LogP contribution in [0.5, 0.6) is 0 Å². The lowest BCUT2D eigenvalue weighted by Gasteiger charge is -2.40. The minimum atomic E-state index is -1.57. The molecule has 426 valence electrons. The zero-order chi connectivity index (χ0) is 53.1. The molecule has 1 aliphatic heterocycles. The molecule has 0 aliphatic carbocycles. The summed E-state index contributed by atoms with van der Waals surface area (Å²) in [5, 5.41) is 54.2. The van der Waals surface area contributed by atoms with Crippen LogP contribution in [0.15, 0.2) is 48.6 Å². The van der Waals surface area contributed by atoms with Crippen LogP contribution in [0.2, 0.25) is 0 Å². The van der Waals surface area contributed by atoms with Crippen LogP contribution < -0.4 is 5.32 Å². The van der Waals surface area contributed by atoms with Crippen molar-refractivity contribution in [1.29, 1.82) is 0 Å². The van der Waals surface area contributed by atoms with E-state index < -0.39 is 49.5 Å². The third-order valence-electron chi connectivity index (χ3n) is 14.1. The molecule has 6 N–H and O–H groups in total. The second-order valence-electron chi connectivity index (χ2n) is 21.0. The molecule has 0 bridgehead atoms. The van der Waals surface area contributed by atoms with E-state index in [1.165, 1.54) is 154 Å². The average Bonchev–Trinajstić information content (AvgIpc) is 3.39. The molecule has 1 heterocycles. The van der Waals surface area contributed by atoms with Gasteiger partial charge in [-0.15, -0.1) is 0 Å². The molecule has 0 spiro atoms. The van der Waals surface area contributed by atoms with E-state index in [1.807, 2.05) is 6.08 Å². The quantitative estimate of drug-likeness (QED) is 0.0195.